The van der Waals surface area contributed by atoms with Gasteiger partial charge in [0.1, 0.15) is 6.61 Å². The van der Waals surface area contributed by atoms with E-state index in [-0.39, 0.29) is 19.4 Å². The Morgan fingerprint density at radius 1 is 0.595 bits per heavy atom. The molecule has 0 saturated heterocycles. The van der Waals surface area contributed by atoms with Gasteiger partial charge in [-0.1, -0.05) is 123 Å². The Labute approximate surface area is 225 Å². The summed E-state index contributed by atoms with van der Waals surface area (Å²) in [6.07, 6.45) is 21.3. The Bertz CT molecular complexity index is 593. The molecule has 0 spiro atoms. The van der Waals surface area contributed by atoms with E-state index in [2.05, 4.69) is 18.4 Å². The van der Waals surface area contributed by atoms with E-state index in [9.17, 15) is 14.2 Å². The van der Waals surface area contributed by atoms with Gasteiger partial charge in [0.25, 0.3) is 0 Å². The number of carbonyl (C=O) groups excluding carboxylic acids is 2. The standard InChI is InChI=1S/C28H55O8P/c1-3-5-7-9-11-13-14-15-17-19-21-23-28(30)36-26(25-35-37(31,32)33)24-34-27(29)22-20-18-16-12-10-8-6-4-2/h26H,3-25H2,1-2H3,(H2,31,32,33)/t26-/m0/s1. The summed E-state index contributed by atoms with van der Waals surface area (Å²) < 4.78 is 26.0. The van der Waals surface area contributed by atoms with Gasteiger partial charge in [-0.15, -0.1) is 0 Å². The van der Waals surface area contributed by atoms with Crippen LogP contribution in [0.3, 0.4) is 0 Å². The lowest BCUT2D eigenvalue weighted by Gasteiger charge is -2.18. The summed E-state index contributed by atoms with van der Waals surface area (Å²) in [4.78, 5) is 42.2. The number of ether oxygens (including phenoxy) is 2. The molecule has 0 aliphatic heterocycles. The van der Waals surface area contributed by atoms with Crippen molar-refractivity contribution in [3.05, 3.63) is 0 Å². The largest absolute Gasteiger partial charge is 0.469 e. The molecule has 0 unspecified atom stereocenters. The maximum Gasteiger partial charge on any atom is 0.469 e. The second kappa shape index (κ2) is 25.3. The Morgan fingerprint density at radius 3 is 1.38 bits per heavy atom. The van der Waals surface area contributed by atoms with Crippen LogP contribution >= 0.6 is 7.82 Å². The highest BCUT2D eigenvalue weighted by Gasteiger charge is 2.22. The van der Waals surface area contributed by atoms with E-state index in [1.54, 1.807) is 0 Å². The predicted octanol–water partition coefficient (Wildman–Crippen LogP) is 7.78. The first-order valence-corrected chi connectivity index (χ1v) is 16.4. The molecule has 0 bridgehead atoms. The van der Waals surface area contributed by atoms with Crippen LogP contribution in [-0.4, -0.2) is 41.0 Å². The third-order valence-corrected chi connectivity index (χ3v) is 6.86. The summed E-state index contributed by atoms with van der Waals surface area (Å²) in [6.45, 7) is 3.61. The van der Waals surface area contributed by atoms with Crippen molar-refractivity contribution in [2.45, 2.75) is 155 Å². The van der Waals surface area contributed by atoms with Crippen molar-refractivity contribution in [2.24, 2.45) is 0 Å². The monoisotopic (exact) mass is 550 g/mol. The number of hydrogen-bond donors (Lipinski definition) is 2. The van der Waals surface area contributed by atoms with Crippen molar-refractivity contribution in [1.29, 1.82) is 0 Å². The number of carbonyl (C=O) groups is 2. The summed E-state index contributed by atoms with van der Waals surface area (Å²) in [5.41, 5.74) is 0. The van der Waals surface area contributed by atoms with E-state index >= 15 is 0 Å². The van der Waals surface area contributed by atoms with E-state index in [0.29, 0.717) is 6.42 Å². The van der Waals surface area contributed by atoms with Crippen molar-refractivity contribution in [1.82, 2.24) is 0 Å². The average molecular weight is 551 g/mol. The number of rotatable bonds is 27. The van der Waals surface area contributed by atoms with Gasteiger partial charge in [-0.05, 0) is 12.8 Å². The van der Waals surface area contributed by atoms with Gasteiger partial charge in [0.15, 0.2) is 6.10 Å². The Kier molecular flexibility index (Phi) is 24.7. The minimum absolute atomic E-state index is 0.218. The van der Waals surface area contributed by atoms with E-state index < -0.39 is 32.5 Å². The minimum Gasteiger partial charge on any atom is -0.462 e. The zero-order valence-electron chi connectivity index (χ0n) is 23.6. The maximum absolute atomic E-state index is 12.2. The molecule has 8 nitrogen and oxygen atoms in total. The Balaban J connectivity index is 4.06. The van der Waals surface area contributed by atoms with Crippen molar-refractivity contribution >= 4 is 19.8 Å². The first-order valence-electron chi connectivity index (χ1n) is 14.8. The van der Waals surface area contributed by atoms with Gasteiger partial charge in [0.05, 0.1) is 6.61 Å². The van der Waals surface area contributed by atoms with Gasteiger partial charge in [0, 0.05) is 12.8 Å². The topological polar surface area (TPSA) is 119 Å². The molecule has 0 aromatic heterocycles. The first-order chi connectivity index (χ1) is 17.8. The lowest BCUT2D eigenvalue weighted by Crippen LogP contribution is -2.29. The predicted molar refractivity (Wildman–Crippen MR) is 147 cm³/mol. The minimum atomic E-state index is -4.73. The molecule has 0 fully saturated rings. The van der Waals surface area contributed by atoms with Crippen LogP contribution < -0.4 is 0 Å². The fourth-order valence-corrected chi connectivity index (χ4v) is 4.50. The summed E-state index contributed by atoms with van der Waals surface area (Å²) in [5, 5.41) is 0. The molecule has 0 heterocycles. The Morgan fingerprint density at radius 2 is 0.973 bits per heavy atom. The molecule has 0 aliphatic rings. The number of hydrogen-bond acceptors (Lipinski definition) is 6. The summed E-state index contributed by atoms with van der Waals surface area (Å²) >= 11 is 0. The molecule has 2 N–H and O–H groups in total. The fraction of sp³-hybridized carbons (Fsp3) is 0.929. The van der Waals surface area contributed by atoms with Gasteiger partial charge in [-0.2, -0.15) is 0 Å². The van der Waals surface area contributed by atoms with Crippen molar-refractivity contribution in [3.63, 3.8) is 0 Å². The van der Waals surface area contributed by atoms with Crippen LogP contribution in [0.1, 0.15) is 149 Å². The molecule has 9 heteroatoms. The molecular weight excluding hydrogens is 495 g/mol. The quantitative estimate of drug-likeness (QED) is 0.0604. The number of esters is 2. The van der Waals surface area contributed by atoms with Gasteiger partial charge < -0.3 is 19.3 Å². The van der Waals surface area contributed by atoms with E-state index in [0.717, 1.165) is 38.5 Å². The molecular formula is C28H55O8P. The molecule has 0 radical (unpaired) electrons. The highest BCUT2D eigenvalue weighted by atomic mass is 31.2. The molecule has 0 amide bonds. The third-order valence-electron chi connectivity index (χ3n) is 6.38. The summed E-state index contributed by atoms with van der Waals surface area (Å²) in [7, 11) is -4.73. The average Bonchev–Trinajstić information content (AvgIpc) is 2.85. The lowest BCUT2D eigenvalue weighted by atomic mass is 10.1. The zero-order valence-corrected chi connectivity index (χ0v) is 24.5. The normalized spacial score (nSPS) is 12.4. The molecule has 1 atom stereocenters. The van der Waals surface area contributed by atoms with Gasteiger partial charge in [-0.3, -0.25) is 14.1 Å². The summed E-state index contributed by atoms with van der Waals surface area (Å²) in [6, 6.07) is 0. The van der Waals surface area contributed by atoms with Crippen molar-refractivity contribution in [3.8, 4) is 0 Å². The van der Waals surface area contributed by atoms with Crippen LogP contribution in [0.25, 0.3) is 0 Å². The highest BCUT2D eigenvalue weighted by Crippen LogP contribution is 2.35. The van der Waals surface area contributed by atoms with Gasteiger partial charge >= 0.3 is 19.8 Å². The second-order valence-corrected chi connectivity index (χ2v) is 11.3. The SMILES string of the molecule is CCCCCCCCCCCCCC(=O)O[C@@H](COC(=O)CCCCCCCCCC)COP(=O)(O)O. The van der Waals surface area contributed by atoms with Crippen LogP contribution in [0, 0.1) is 0 Å². The fourth-order valence-electron chi connectivity index (χ4n) is 4.14. The van der Waals surface area contributed by atoms with Gasteiger partial charge in [0.2, 0.25) is 0 Å². The molecule has 0 saturated carbocycles. The first kappa shape index (κ1) is 36.0. The number of unbranched alkanes of at least 4 members (excludes halogenated alkanes) is 17. The third kappa shape index (κ3) is 27.9. The smallest absolute Gasteiger partial charge is 0.462 e. The zero-order chi connectivity index (χ0) is 27.6. The van der Waals surface area contributed by atoms with E-state index in [1.165, 1.54) is 77.0 Å². The number of phosphoric acid groups is 1. The molecule has 0 rings (SSSR count). The maximum atomic E-state index is 12.2. The van der Waals surface area contributed by atoms with Crippen molar-refractivity contribution in [2.75, 3.05) is 13.2 Å². The van der Waals surface area contributed by atoms with Crippen LogP contribution in [0.5, 0.6) is 0 Å². The van der Waals surface area contributed by atoms with Crippen LogP contribution in [0.15, 0.2) is 0 Å². The highest BCUT2D eigenvalue weighted by molar-refractivity contribution is 7.46. The van der Waals surface area contributed by atoms with Crippen molar-refractivity contribution < 1.29 is 37.9 Å². The Hall–Kier alpha value is -0.950. The van der Waals surface area contributed by atoms with Gasteiger partial charge in [-0.25, -0.2) is 4.57 Å². The lowest BCUT2D eigenvalue weighted by molar-refractivity contribution is -0.161. The summed E-state index contributed by atoms with van der Waals surface area (Å²) in [5.74, 6) is -0.886. The van der Waals surface area contributed by atoms with E-state index in [1.807, 2.05) is 0 Å². The van der Waals surface area contributed by atoms with Crippen LogP contribution in [0.4, 0.5) is 0 Å². The van der Waals surface area contributed by atoms with Crippen LogP contribution in [0.2, 0.25) is 0 Å². The second-order valence-electron chi connectivity index (χ2n) is 10.1. The molecule has 220 valence electrons. The number of phosphoric ester groups is 1. The molecule has 0 aliphatic carbocycles. The molecule has 0 aromatic rings. The van der Waals surface area contributed by atoms with Crippen LogP contribution in [-0.2, 0) is 28.2 Å². The van der Waals surface area contributed by atoms with E-state index in [4.69, 9.17) is 19.3 Å². The molecule has 0 aromatic carbocycles. The molecule has 37 heavy (non-hydrogen) atoms.